The van der Waals surface area contributed by atoms with Crippen LogP contribution in [0.4, 0.5) is 0 Å². The summed E-state index contributed by atoms with van der Waals surface area (Å²) in [6.07, 6.45) is 5.32. The molecule has 0 spiro atoms. The molecule has 0 unspecified atom stereocenters. The number of ketones is 1. The molecule has 0 aromatic heterocycles. The summed E-state index contributed by atoms with van der Waals surface area (Å²) < 4.78 is 0. The lowest BCUT2D eigenvalue weighted by Crippen LogP contribution is -2.01. The Labute approximate surface area is 132 Å². The van der Waals surface area contributed by atoms with Crippen LogP contribution in [-0.2, 0) is 0 Å². The Morgan fingerprint density at radius 1 is 0.955 bits per heavy atom. The summed E-state index contributed by atoms with van der Waals surface area (Å²) in [5.41, 5.74) is 2.49. The van der Waals surface area contributed by atoms with Gasteiger partial charge in [-0.05, 0) is 37.5 Å². The number of hydrogen-bond acceptors (Lipinski definition) is 1. The quantitative estimate of drug-likeness (QED) is 0.316. The van der Waals surface area contributed by atoms with E-state index in [2.05, 4.69) is 18.4 Å². The van der Waals surface area contributed by atoms with Gasteiger partial charge in [0.2, 0.25) is 0 Å². The van der Waals surface area contributed by atoms with Crippen LogP contribution in [0.5, 0.6) is 0 Å². The molecule has 0 aliphatic rings. The maximum Gasteiger partial charge on any atom is 0.164 e. The molecule has 1 heteroatoms. The summed E-state index contributed by atoms with van der Waals surface area (Å²) in [7, 11) is 0. The number of benzene rings is 2. The molecule has 0 bridgehead atoms. The predicted molar refractivity (Wildman–Crippen MR) is 91.9 cm³/mol. The summed E-state index contributed by atoms with van der Waals surface area (Å²) in [4.78, 5) is 12.3. The SMILES string of the molecule is C=CCCCCC(=O)c1ccccc1C#Cc1ccccc1. The van der Waals surface area contributed by atoms with Crippen LogP contribution in [0.2, 0.25) is 0 Å². The number of rotatable bonds is 6. The van der Waals surface area contributed by atoms with Crippen LogP contribution in [0, 0.1) is 11.8 Å². The lowest BCUT2D eigenvalue weighted by atomic mass is 9.99. The highest BCUT2D eigenvalue weighted by molar-refractivity contribution is 5.98. The molecule has 0 heterocycles. The summed E-state index contributed by atoms with van der Waals surface area (Å²) in [5, 5.41) is 0. The Bertz CT molecular complexity index is 687. The first kappa shape index (κ1) is 15.8. The molecular formula is C21H20O. The minimum Gasteiger partial charge on any atom is -0.294 e. The summed E-state index contributed by atoms with van der Waals surface area (Å²) in [6.45, 7) is 3.70. The Balaban J connectivity index is 2.12. The average Bonchev–Trinajstić information content (AvgIpc) is 2.58. The molecule has 2 rings (SSSR count). The van der Waals surface area contributed by atoms with Crippen molar-refractivity contribution in [1.82, 2.24) is 0 Å². The van der Waals surface area contributed by atoms with Crippen molar-refractivity contribution in [1.29, 1.82) is 0 Å². The topological polar surface area (TPSA) is 17.1 Å². The molecule has 110 valence electrons. The molecule has 2 aromatic carbocycles. The van der Waals surface area contributed by atoms with E-state index in [1.54, 1.807) is 0 Å². The van der Waals surface area contributed by atoms with Crippen LogP contribution in [0.25, 0.3) is 0 Å². The molecule has 0 atom stereocenters. The summed E-state index contributed by atoms with van der Waals surface area (Å²) in [5.74, 6) is 6.41. The second-order valence-corrected chi connectivity index (χ2v) is 5.12. The molecule has 0 aliphatic heterocycles. The van der Waals surface area contributed by atoms with Crippen LogP contribution in [0.3, 0.4) is 0 Å². The third kappa shape index (κ3) is 4.75. The highest BCUT2D eigenvalue weighted by Crippen LogP contribution is 2.13. The van der Waals surface area contributed by atoms with Crippen molar-refractivity contribution in [3.8, 4) is 11.8 Å². The number of carbonyl (C=O) groups is 1. The van der Waals surface area contributed by atoms with E-state index in [9.17, 15) is 4.79 Å². The van der Waals surface area contributed by atoms with Crippen molar-refractivity contribution >= 4 is 5.78 Å². The van der Waals surface area contributed by atoms with Gasteiger partial charge in [0.15, 0.2) is 5.78 Å². The minimum atomic E-state index is 0.169. The van der Waals surface area contributed by atoms with Crippen LogP contribution in [0.1, 0.15) is 47.2 Å². The van der Waals surface area contributed by atoms with Crippen molar-refractivity contribution in [2.75, 3.05) is 0 Å². The van der Waals surface area contributed by atoms with Gasteiger partial charge in [-0.15, -0.1) is 6.58 Å². The molecule has 2 aromatic rings. The Hall–Kier alpha value is -2.59. The van der Waals surface area contributed by atoms with Gasteiger partial charge in [-0.3, -0.25) is 4.79 Å². The van der Waals surface area contributed by atoms with Gasteiger partial charge in [0.05, 0.1) is 0 Å². The van der Waals surface area contributed by atoms with Crippen molar-refractivity contribution in [3.63, 3.8) is 0 Å². The molecule has 0 aliphatic carbocycles. The van der Waals surface area contributed by atoms with Gasteiger partial charge >= 0.3 is 0 Å². The number of allylic oxidation sites excluding steroid dienone is 1. The van der Waals surface area contributed by atoms with Crippen molar-refractivity contribution in [2.45, 2.75) is 25.7 Å². The van der Waals surface area contributed by atoms with E-state index in [0.29, 0.717) is 6.42 Å². The predicted octanol–water partition coefficient (Wildman–Crippen LogP) is 5.02. The number of hydrogen-bond donors (Lipinski definition) is 0. The third-order valence-electron chi connectivity index (χ3n) is 3.40. The van der Waals surface area contributed by atoms with Gasteiger partial charge < -0.3 is 0 Å². The molecule has 1 nitrogen and oxygen atoms in total. The minimum absolute atomic E-state index is 0.169. The van der Waals surface area contributed by atoms with Crippen molar-refractivity contribution in [3.05, 3.63) is 83.9 Å². The van der Waals surface area contributed by atoms with E-state index >= 15 is 0 Å². The number of unbranched alkanes of at least 4 members (excludes halogenated alkanes) is 2. The Kier molecular flexibility index (Phi) is 6.20. The molecule has 0 saturated carbocycles. The van der Waals surface area contributed by atoms with E-state index in [4.69, 9.17) is 0 Å². The number of carbonyl (C=O) groups excluding carboxylic acids is 1. The molecular weight excluding hydrogens is 268 g/mol. The fourth-order valence-electron chi connectivity index (χ4n) is 2.21. The molecule has 0 amide bonds. The zero-order chi connectivity index (χ0) is 15.6. The van der Waals surface area contributed by atoms with Crippen LogP contribution < -0.4 is 0 Å². The zero-order valence-electron chi connectivity index (χ0n) is 12.7. The normalized spacial score (nSPS) is 9.64. The molecule has 22 heavy (non-hydrogen) atoms. The van der Waals surface area contributed by atoms with Gasteiger partial charge in [-0.1, -0.05) is 54.3 Å². The van der Waals surface area contributed by atoms with E-state index in [1.165, 1.54) is 0 Å². The van der Waals surface area contributed by atoms with Gasteiger partial charge in [-0.25, -0.2) is 0 Å². The second kappa shape index (κ2) is 8.64. The molecule has 0 fully saturated rings. The molecule has 0 radical (unpaired) electrons. The van der Waals surface area contributed by atoms with Gasteiger partial charge in [0.1, 0.15) is 0 Å². The first-order valence-electron chi connectivity index (χ1n) is 7.61. The van der Waals surface area contributed by atoms with Crippen molar-refractivity contribution < 1.29 is 4.79 Å². The van der Waals surface area contributed by atoms with E-state index < -0.39 is 0 Å². The molecule has 0 N–H and O–H groups in total. The van der Waals surface area contributed by atoms with Gasteiger partial charge in [0, 0.05) is 23.1 Å². The van der Waals surface area contributed by atoms with Crippen LogP contribution >= 0.6 is 0 Å². The largest absolute Gasteiger partial charge is 0.294 e. The van der Waals surface area contributed by atoms with Crippen LogP contribution in [0.15, 0.2) is 67.3 Å². The van der Waals surface area contributed by atoms with Gasteiger partial charge in [0.25, 0.3) is 0 Å². The highest BCUT2D eigenvalue weighted by Gasteiger charge is 2.08. The molecule has 0 saturated heterocycles. The standard InChI is InChI=1S/C21H20O/c1-2-3-4-8-15-21(22)20-14-10-9-13-19(20)17-16-18-11-6-5-7-12-18/h2,5-7,9-14H,1,3-4,8,15H2. The lowest BCUT2D eigenvalue weighted by molar-refractivity contribution is 0.0979. The summed E-state index contributed by atoms with van der Waals surface area (Å²) in [6, 6.07) is 17.4. The van der Waals surface area contributed by atoms with E-state index in [-0.39, 0.29) is 5.78 Å². The zero-order valence-corrected chi connectivity index (χ0v) is 12.7. The Morgan fingerprint density at radius 3 is 2.45 bits per heavy atom. The van der Waals surface area contributed by atoms with Crippen molar-refractivity contribution in [2.24, 2.45) is 0 Å². The maximum atomic E-state index is 12.3. The smallest absolute Gasteiger partial charge is 0.164 e. The van der Waals surface area contributed by atoms with Crippen LogP contribution in [-0.4, -0.2) is 5.78 Å². The fourth-order valence-corrected chi connectivity index (χ4v) is 2.21. The fraction of sp³-hybridized carbons (Fsp3) is 0.190. The van der Waals surface area contributed by atoms with E-state index in [1.807, 2.05) is 60.7 Å². The lowest BCUT2D eigenvalue weighted by Gasteiger charge is -2.03. The first-order chi connectivity index (χ1) is 10.8. The Morgan fingerprint density at radius 2 is 1.68 bits per heavy atom. The maximum absolute atomic E-state index is 12.3. The average molecular weight is 288 g/mol. The van der Waals surface area contributed by atoms with Gasteiger partial charge in [-0.2, -0.15) is 0 Å². The van der Waals surface area contributed by atoms with E-state index in [0.717, 1.165) is 36.0 Å². The first-order valence-corrected chi connectivity index (χ1v) is 7.61. The number of Topliss-reactive ketones (excluding diaryl/α,β-unsaturated/α-hetero) is 1. The second-order valence-electron chi connectivity index (χ2n) is 5.12. The third-order valence-corrected chi connectivity index (χ3v) is 3.40. The highest BCUT2D eigenvalue weighted by atomic mass is 16.1. The monoisotopic (exact) mass is 288 g/mol. The summed E-state index contributed by atoms with van der Waals surface area (Å²) >= 11 is 0.